The van der Waals surface area contributed by atoms with Gasteiger partial charge in [-0.2, -0.15) is 0 Å². The summed E-state index contributed by atoms with van der Waals surface area (Å²) in [5, 5.41) is 0. The molecule has 0 aliphatic carbocycles. The lowest BCUT2D eigenvalue weighted by molar-refractivity contribution is 0.456. The average molecular weight is 154 g/mol. The van der Waals surface area contributed by atoms with E-state index >= 15 is 0 Å². The highest BCUT2D eigenvalue weighted by molar-refractivity contribution is 5.02. The molecule has 2 nitrogen and oxygen atoms in total. The molecule has 0 amide bonds. The van der Waals surface area contributed by atoms with Crippen molar-refractivity contribution in [2.45, 2.75) is 0 Å². The summed E-state index contributed by atoms with van der Waals surface area (Å²) in [4.78, 5) is 4.14. The maximum Gasteiger partial charge on any atom is 0.0160 e. The summed E-state index contributed by atoms with van der Waals surface area (Å²) in [5.74, 6) is 0. The number of likely N-dealkylation sites (N-methyl/N-ethyl adjacent to an activating group) is 1. The zero-order valence-electron chi connectivity index (χ0n) is 7.91. The van der Waals surface area contributed by atoms with E-state index in [4.69, 9.17) is 0 Å². The van der Waals surface area contributed by atoms with Crippen molar-refractivity contribution in [2.24, 2.45) is 0 Å². The molecule has 0 aromatic heterocycles. The van der Waals surface area contributed by atoms with Crippen molar-refractivity contribution in [1.82, 2.24) is 9.80 Å². The summed E-state index contributed by atoms with van der Waals surface area (Å²) in [6.07, 6.45) is 8.23. The summed E-state index contributed by atoms with van der Waals surface area (Å²) < 4.78 is 0. The highest BCUT2D eigenvalue weighted by Gasteiger charge is 1.79. The van der Waals surface area contributed by atoms with Crippen molar-refractivity contribution in [3.8, 4) is 0 Å². The van der Waals surface area contributed by atoms with E-state index < -0.39 is 0 Å². The Kier molecular flexibility index (Phi) is 5.57. The fraction of sp³-hybridized carbons (Fsp3) is 0.556. The molecule has 2 heteroatoms. The van der Waals surface area contributed by atoms with Crippen LogP contribution in [0.5, 0.6) is 0 Å². The van der Waals surface area contributed by atoms with Gasteiger partial charge in [0.15, 0.2) is 0 Å². The molecular weight excluding hydrogens is 136 g/mol. The van der Waals surface area contributed by atoms with Crippen LogP contribution in [0.1, 0.15) is 0 Å². The molecule has 0 spiro atoms. The molecule has 0 aromatic rings. The first-order valence-corrected chi connectivity index (χ1v) is 3.77. The van der Waals surface area contributed by atoms with E-state index in [9.17, 15) is 0 Å². The summed E-state index contributed by atoms with van der Waals surface area (Å²) in [6.45, 7) is 0.998. The third-order valence-electron chi connectivity index (χ3n) is 1.10. The van der Waals surface area contributed by atoms with Crippen molar-refractivity contribution < 1.29 is 0 Å². The van der Waals surface area contributed by atoms with Gasteiger partial charge in [-0.25, -0.2) is 0 Å². The first-order chi connectivity index (χ1) is 5.13. The molecule has 0 heterocycles. The van der Waals surface area contributed by atoms with E-state index in [1.165, 1.54) is 0 Å². The standard InChI is InChI=1S/C9H18N2/c1-10(2)8-6-5-7-9-11(3)4/h5-8H,9H2,1-4H3/b7-5+,8-6+. The van der Waals surface area contributed by atoms with Gasteiger partial charge in [0.2, 0.25) is 0 Å². The Hall–Kier alpha value is -0.760. The summed E-state index contributed by atoms with van der Waals surface area (Å²) in [6, 6.07) is 0. The lowest BCUT2D eigenvalue weighted by atomic mass is 10.4. The maximum atomic E-state index is 2.12. The van der Waals surface area contributed by atoms with Crippen molar-refractivity contribution >= 4 is 0 Å². The van der Waals surface area contributed by atoms with Crippen LogP contribution in [0.4, 0.5) is 0 Å². The molecular formula is C9H18N2. The largest absolute Gasteiger partial charge is 0.383 e. The fourth-order valence-electron chi connectivity index (χ4n) is 0.572. The second kappa shape index (κ2) is 5.98. The molecule has 0 bridgehead atoms. The van der Waals surface area contributed by atoms with Crippen LogP contribution < -0.4 is 0 Å². The van der Waals surface area contributed by atoms with Gasteiger partial charge >= 0.3 is 0 Å². The zero-order chi connectivity index (χ0) is 8.69. The smallest absolute Gasteiger partial charge is 0.0160 e. The van der Waals surface area contributed by atoms with E-state index in [0.717, 1.165) is 6.54 Å². The minimum absolute atomic E-state index is 0.998. The maximum absolute atomic E-state index is 2.12. The van der Waals surface area contributed by atoms with E-state index in [0.29, 0.717) is 0 Å². The lowest BCUT2D eigenvalue weighted by Gasteiger charge is -2.03. The van der Waals surface area contributed by atoms with E-state index in [1.54, 1.807) is 0 Å². The molecule has 0 unspecified atom stereocenters. The Labute approximate surface area is 69.8 Å². The van der Waals surface area contributed by atoms with E-state index in [-0.39, 0.29) is 0 Å². The fourth-order valence-corrected chi connectivity index (χ4v) is 0.572. The van der Waals surface area contributed by atoms with E-state index in [2.05, 4.69) is 31.1 Å². The molecule has 0 atom stereocenters. The molecule has 0 fully saturated rings. The Morgan fingerprint density at radius 2 is 1.64 bits per heavy atom. The molecule has 0 rings (SSSR count). The van der Waals surface area contributed by atoms with Crippen LogP contribution in [0.25, 0.3) is 0 Å². The molecule has 0 aliphatic rings. The van der Waals surface area contributed by atoms with Crippen molar-refractivity contribution in [1.29, 1.82) is 0 Å². The predicted octanol–water partition coefficient (Wildman–Crippen LogP) is 1.18. The SMILES string of the molecule is CN(C)/C=C/C=C/CN(C)C. The zero-order valence-corrected chi connectivity index (χ0v) is 7.91. The summed E-state index contributed by atoms with van der Waals surface area (Å²) in [7, 11) is 8.13. The van der Waals surface area contributed by atoms with Gasteiger partial charge in [0.1, 0.15) is 0 Å². The number of nitrogens with zero attached hydrogens (tertiary/aromatic N) is 2. The van der Waals surface area contributed by atoms with Gasteiger partial charge in [-0.05, 0) is 26.4 Å². The first-order valence-electron chi connectivity index (χ1n) is 3.77. The summed E-state index contributed by atoms with van der Waals surface area (Å²) >= 11 is 0. The number of rotatable bonds is 4. The Bertz CT molecular complexity index is 134. The van der Waals surface area contributed by atoms with Gasteiger partial charge in [0.25, 0.3) is 0 Å². The van der Waals surface area contributed by atoms with Crippen LogP contribution in [-0.4, -0.2) is 44.5 Å². The highest BCUT2D eigenvalue weighted by atomic mass is 15.0. The molecule has 11 heavy (non-hydrogen) atoms. The van der Waals surface area contributed by atoms with Crippen LogP contribution in [-0.2, 0) is 0 Å². The lowest BCUT2D eigenvalue weighted by Crippen LogP contribution is -2.10. The number of allylic oxidation sites excluding steroid dienone is 2. The van der Waals surface area contributed by atoms with Crippen LogP contribution >= 0.6 is 0 Å². The van der Waals surface area contributed by atoms with Gasteiger partial charge in [-0.15, -0.1) is 0 Å². The Morgan fingerprint density at radius 1 is 1.00 bits per heavy atom. The second-order valence-electron chi connectivity index (χ2n) is 3.00. The molecule has 0 saturated carbocycles. The third kappa shape index (κ3) is 9.24. The van der Waals surface area contributed by atoms with Gasteiger partial charge < -0.3 is 9.80 Å². The number of hydrogen-bond acceptors (Lipinski definition) is 2. The highest BCUT2D eigenvalue weighted by Crippen LogP contribution is 1.81. The molecule has 0 saturated heterocycles. The van der Waals surface area contributed by atoms with Crippen molar-refractivity contribution in [2.75, 3.05) is 34.7 Å². The van der Waals surface area contributed by atoms with E-state index in [1.807, 2.05) is 31.3 Å². The molecule has 64 valence electrons. The summed E-state index contributed by atoms with van der Waals surface area (Å²) in [5.41, 5.74) is 0. The van der Waals surface area contributed by atoms with Crippen molar-refractivity contribution in [3.63, 3.8) is 0 Å². The molecule has 0 aromatic carbocycles. The van der Waals surface area contributed by atoms with Crippen LogP contribution in [0, 0.1) is 0 Å². The average Bonchev–Trinajstić information content (AvgIpc) is 1.85. The van der Waals surface area contributed by atoms with Crippen molar-refractivity contribution in [3.05, 3.63) is 24.4 Å². The van der Waals surface area contributed by atoms with Gasteiger partial charge in [-0.1, -0.05) is 12.2 Å². The molecule has 0 N–H and O–H groups in total. The third-order valence-corrected chi connectivity index (χ3v) is 1.10. The molecule has 0 aliphatic heterocycles. The minimum Gasteiger partial charge on any atom is -0.383 e. The Balaban J connectivity index is 3.44. The van der Waals surface area contributed by atoms with Gasteiger partial charge in [0.05, 0.1) is 0 Å². The predicted molar refractivity (Wildman–Crippen MR) is 50.5 cm³/mol. The van der Waals surface area contributed by atoms with Gasteiger partial charge in [-0.3, -0.25) is 0 Å². The first kappa shape index (κ1) is 10.2. The number of hydrogen-bond donors (Lipinski definition) is 0. The molecule has 0 radical (unpaired) electrons. The van der Waals surface area contributed by atoms with Gasteiger partial charge in [0, 0.05) is 20.6 Å². The minimum atomic E-state index is 0.998. The van der Waals surface area contributed by atoms with Crippen LogP contribution in [0.3, 0.4) is 0 Å². The van der Waals surface area contributed by atoms with Crippen LogP contribution in [0.15, 0.2) is 24.4 Å². The second-order valence-corrected chi connectivity index (χ2v) is 3.00. The van der Waals surface area contributed by atoms with Crippen LogP contribution in [0.2, 0.25) is 0 Å². The normalized spacial score (nSPS) is 12.1. The monoisotopic (exact) mass is 154 g/mol. The Morgan fingerprint density at radius 3 is 2.09 bits per heavy atom. The topological polar surface area (TPSA) is 6.48 Å². The quantitative estimate of drug-likeness (QED) is 0.561.